The average Bonchev–Trinajstić information content (AvgIpc) is 2.85. The van der Waals surface area contributed by atoms with Crippen molar-refractivity contribution in [1.82, 2.24) is 0 Å². The van der Waals surface area contributed by atoms with Gasteiger partial charge in [-0.3, -0.25) is 0 Å². The van der Waals surface area contributed by atoms with Crippen LogP contribution in [-0.4, -0.2) is 19.2 Å². The molecule has 14 heavy (non-hydrogen) atoms. The maximum atomic E-state index is 9.94. The Morgan fingerprint density at radius 3 is 2.50 bits per heavy atom. The van der Waals surface area contributed by atoms with Gasteiger partial charge >= 0.3 is 0 Å². The number of hydrogen-bond acceptors (Lipinski definition) is 2. The van der Waals surface area contributed by atoms with E-state index in [1.165, 1.54) is 0 Å². The number of hydrogen-bond donors (Lipinski definition) is 1. The Kier molecular flexibility index (Phi) is 2.20. The van der Waals surface area contributed by atoms with E-state index in [4.69, 9.17) is 11.6 Å². The standard InChI is InChI=1S/C11H14ClNO/c1-13(2)10-7-8(3-4-9(10)12)11(14)5-6-11/h3-4,7,14H,5-6H2,1-2H3. The summed E-state index contributed by atoms with van der Waals surface area (Å²) in [6.45, 7) is 0. The molecule has 0 radical (unpaired) electrons. The molecule has 0 spiro atoms. The van der Waals surface area contributed by atoms with Crippen molar-refractivity contribution in [1.29, 1.82) is 0 Å². The second-order valence-corrected chi connectivity index (χ2v) is 4.50. The quantitative estimate of drug-likeness (QED) is 0.812. The molecule has 0 heterocycles. The third-order valence-corrected chi connectivity index (χ3v) is 3.01. The minimum absolute atomic E-state index is 0.574. The number of aliphatic hydroxyl groups is 1. The summed E-state index contributed by atoms with van der Waals surface area (Å²) >= 11 is 6.04. The van der Waals surface area contributed by atoms with Crippen molar-refractivity contribution in [2.24, 2.45) is 0 Å². The molecule has 2 rings (SSSR count). The van der Waals surface area contributed by atoms with Crippen molar-refractivity contribution in [3.8, 4) is 0 Å². The summed E-state index contributed by atoms with van der Waals surface area (Å²) < 4.78 is 0. The van der Waals surface area contributed by atoms with Gasteiger partial charge in [0.05, 0.1) is 16.3 Å². The molecular weight excluding hydrogens is 198 g/mol. The fourth-order valence-electron chi connectivity index (χ4n) is 1.55. The Hall–Kier alpha value is -0.730. The molecule has 2 nitrogen and oxygen atoms in total. The fraction of sp³-hybridized carbons (Fsp3) is 0.455. The largest absolute Gasteiger partial charge is 0.385 e. The third-order valence-electron chi connectivity index (χ3n) is 2.69. The molecule has 1 aromatic rings. The van der Waals surface area contributed by atoms with Gasteiger partial charge in [0.1, 0.15) is 0 Å². The first-order chi connectivity index (χ1) is 6.53. The minimum Gasteiger partial charge on any atom is -0.385 e. The lowest BCUT2D eigenvalue weighted by atomic mass is 10.1. The van der Waals surface area contributed by atoms with Gasteiger partial charge in [-0.2, -0.15) is 0 Å². The van der Waals surface area contributed by atoms with Gasteiger partial charge in [0.15, 0.2) is 0 Å². The topological polar surface area (TPSA) is 23.5 Å². The molecule has 0 saturated heterocycles. The molecule has 1 aromatic carbocycles. The molecular formula is C11H14ClNO. The normalized spacial score (nSPS) is 18.0. The third kappa shape index (κ3) is 1.60. The molecule has 0 atom stereocenters. The smallest absolute Gasteiger partial charge is 0.0899 e. The number of nitrogens with zero attached hydrogens (tertiary/aromatic N) is 1. The fourth-order valence-corrected chi connectivity index (χ4v) is 1.84. The highest BCUT2D eigenvalue weighted by atomic mass is 35.5. The van der Waals surface area contributed by atoms with Crippen LogP contribution in [0, 0.1) is 0 Å². The van der Waals surface area contributed by atoms with Crippen LogP contribution in [0.25, 0.3) is 0 Å². The van der Waals surface area contributed by atoms with Crippen molar-refractivity contribution < 1.29 is 5.11 Å². The van der Waals surface area contributed by atoms with Gasteiger partial charge in [-0.05, 0) is 30.5 Å². The second kappa shape index (κ2) is 3.14. The first-order valence-corrected chi connectivity index (χ1v) is 5.10. The average molecular weight is 212 g/mol. The molecule has 0 aromatic heterocycles. The van der Waals surface area contributed by atoms with E-state index in [0.29, 0.717) is 0 Å². The molecule has 1 fully saturated rings. The second-order valence-electron chi connectivity index (χ2n) is 4.09. The van der Waals surface area contributed by atoms with E-state index in [1.54, 1.807) is 0 Å². The van der Waals surface area contributed by atoms with Gasteiger partial charge < -0.3 is 10.0 Å². The minimum atomic E-state index is -0.574. The van der Waals surface area contributed by atoms with Crippen LogP contribution in [-0.2, 0) is 5.60 Å². The maximum absolute atomic E-state index is 9.94. The van der Waals surface area contributed by atoms with E-state index in [-0.39, 0.29) is 0 Å². The number of benzene rings is 1. The van der Waals surface area contributed by atoms with Crippen LogP contribution in [0.15, 0.2) is 18.2 Å². The zero-order chi connectivity index (χ0) is 10.3. The zero-order valence-corrected chi connectivity index (χ0v) is 9.17. The summed E-state index contributed by atoms with van der Waals surface area (Å²) in [6.07, 6.45) is 1.73. The van der Waals surface area contributed by atoms with Crippen molar-refractivity contribution in [3.63, 3.8) is 0 Å². The lowest BCUT2D eigenvalue weighted by molar-refractivity contribution is 0.151. The predicted molar refractivity (Wildman–Crippen MR) is 58.9 cm³/mol. The molecule has 1 aliphatic carbocycles. The monoisotopic (exact) mass is 211 g/mol. The van der Waals surface area contributed by atoms with Gasteiger partial charge in [-0.1, -0.05) is 17.7 Å². The van der Waals surface area contributed by atoms with E-state index in [9.17, 15) is 5.11 Å². The highest BCUT2D eigenvalue weighted by Crippen LogP contribution is 2.46. The Labute approximate surface area is 89.1 Å². The van der Waals surface area contributed by atoms with E-state index in [2.05, 4.69) is 0 Å². The Bertz CT molecular complexity index is 358. The number of halogens is 1. The zero-order valence-electron chi connectivity index (χ0n) is 8.42. The summed E-state index contributed by atoms with van der Waals surface area (Å²) in [5.74, 6) is 0. The highest BCUT2D eigenvalue weighted by molar-refractivity contribution is 6.33. The number of anilines is 1. The van der Waals surface area contributed by atoms with Crippen LogP contribution in [0.1, 0.15) is 18.4 Å². The van der Waals surface area contributed by atoms with Gasteiger partial charge in [0.25, 0.3) is 0 Å². The van der Waals surface area contributed by atoms with E-state index < -0.39 is 5.60 Å². The van der Waals surface area contributed by atoms with Gasteiger partial charge in [0.2, 0.25) is 0 Å². The maximum Gasteiger partial charge on any atom is 0.0899 e. The molecule has 0 amide bonds. The van der Waals surface area contributed by atoms with Crippen molar-refractivity contribution in [2.75, 3.05) is 19.0 Å². The van der Waals surface area contributed by atoms with E-state index in [0.717, 1.165) is 29.1 Å². The van der Waals surface area contributed by atoms with Gasteiger partial charge in [-0.25, -0.2) is 0 Å². The highest BCUT2D eigenvalue weighted by Gasteiger charge is 2.42. The summed E-state index contributed by atoms with van der Waals surface area (Å²) in [4.78, 5) is 1.96. The van der Waals surface area contributed by atoms with Crippen molar-refractivity contribution >= 4 is 17.3 Å². The Balaban J connectivity index is 2.41. The lowest BCUT2D eigenvalue weighted by Crippen LogP contribution is -2.11. The summed E-state index contributed by atoms with van der Waals surface area (Å²) in [6, 6.07) is 5.72. The number of rotatable bonds is 2. The van der Waals surface area contributed by atoms with Crippen LogP contribution in [0.2, 0.25) is 5.02 Å². The van der Waals surface area contributed by atoms with Gasteiger partial charge in [0, 0.05) is 14.1 Å². The summed E-state index contributed by atoms with van der Waals surface area (Å²) in [5.41, 5.74) is 1.37. The molecule has 3 heteroatoms. The molecule has 1 N–H and O–H groups in total. The van der Waals surface area contributed by atoms with Crippen LogP contribution in [0.5, 0.6) is 0 Å². The van der Waals surface area contributed by atoms with Crippen LogP contribution >= 0.6 is 11.6 Å². The van der Waals surface area contributed by atoms with Crippen molar-refractivity contribution in [3.05, 3.63) is 28.8 Å². The van der Waals surface area contributed by atoms with E-state index >= 15 is 0 Å². The van der Waals surface area contributed by atoms with Crippen LogP contribution in [0.3, 0.4) is 0 Å². The summed E-state index contributed by atoms with van der Waals surface area (Å²) in [5, 5.41) is 10.7. The Morgan fingerprint density at radius 1 is 1.36 bits per heavy atom. The van der Waals surface area contributed by atoms with Crippen LogP contribution < -0.4 is 4.90 Å². The SMILES string of the molecule is CN(C)c1cc(C2(O)CC2)ccc1Cl. The molecule has 76 valence electrons. The lowest BCUT2D eigenvalue weighted by Gasteiger charge is -2.17. The molecule has 0 aliphatic heterocycles. The first-order valence-electron chi connectivity index (χ1n) is 4.73. The summed E-state index contributed by atoms with van der Waals surface area (Å²) in [7, 11) is 3.89. The molecule has 1 saturated carbocycles. The molecule has 1 aliphatic rings. The van der Waals surface area contributed by atoms with Crippen LogP contribution in [0.4, 0.5) is 5.69 Å². The first kappa shape index (κ1) is 9.81. The van der Waals surface area contributed by atoms with Crippen molar-refractivity contribution in [2.45, 2.75) is 18.4 Å². The molecule has 0 bridgehead atoms. The van der Waals surface area contributed by atoms with Gasteiger partial charge in [-0.15, -0.1) is 0 Å². The van der Waals surface area contributed by atoms with E-state index in [1.807, 2.05) is 37.2 Å². The predicted octanol–water partition coefficient (Wildman–Crippen LogP) is 2.39. The Morgan fingerprint density at radius 2 is 2.00 bits per heavy atom. The molecule has 0 unspecified atom stereocenters.